The van der Waals surface area contributed by atoms with E-state index < -0.39 is 0 Å². The van der Waals surface area contributed by atoms with Crippen LogP contribution in [-0.2, 0) is 12.8 Å². The van der Waals surface area contributed by atoms with Gasteiger partial charge in [-0.15, -0.1) is 11.3 Å². The number of hydrogen-bond acceptors (Lipinski definition) is 7. The fourth-order valence-corrected chi connectivity index (χ4v) is 4.85. The molecule has 2 aromatic heterocycles. The van der Waals surface area contributed by atoms with Crippen LogP contribution in [-0.4, -0.2) is 23.3 Å². The standard InChI is InChI=1S/C19H21N5OS.C2H6/c1-10-3-4-12-16(5-10)26-19-17(12)18(22-9-23-19)24-14-6-11(8-20)13(21)7-15(14)25-2;1-2/h6-10,20H,3-5,21H2,1-2H3,(H,22,23,24);1-2H3. The minimum absolute atomic E-state index is 0.511. The Balaban J connectivity index is 0.00000109. The molecule has 6 nitrogen and oxygen atoms in total. The summed E-state index contributed by atoms with van der Waals surface area (Å²) in [5, 5.41) is 12.0. The number of nitrogens with two attached hydrogens (primary N) is 1. The van der Waals surface area contributed by atoms with Crippen molar-refractivity contribution >= 4 is 45.0 Å². The molecule has 0 spiro atoms. The van der Waals surface area contributed by atoms with Crippen LogP contribution in [0.5, 0.6) is 5.75 Å². The fourth-order valence-electron chi connectivity index (χ4n) is 3.50. The summed E-state index contributed by atoms with van der Waals surface area (Å²) in [6.07, 6.45) is 6.19. The van der Waals surface area contributed by atoms with Crippen LogP contribution in [0.25, 0.3) is 10.2 Å². The molecule has 1 unspecified atom stereocenters. The maximum atomic E-state index is 7.54. The van der Waals surface area contributed by atoms with Crippen LogP contribution in [0.3, 0.4) is 0 Å². The summed E-state index contributed by atoms with van der Waals surface area (Å²) >= 11 is 1.77. The average Bonchev–Trinajstić information content (AvgIpc) is 3.08. The minimum Gasteiger partial charge on any atom is -0.494 e. The lowest BCUT2D eigenvalue weighted by atomic mass is 9.89. The number of nitrogens with one attached hydrogen (secondary N) is 2. The van der Waals surface area contributed by atoms with E-state index in [9.17, 15) is 0 Å². The van der Waals surface area contributed by atoms with Crippen molar-refractivity contribution in [2.45, 2.75) is 40.0 Å². The van der Waals surface area contributed by atoms with Gasteiger partial charge in [-0.05, 0) is 36.8 Å². The van der Waals surface area contributed by atoms with Crippen LogP contribution >= 0.6 is 11.3 Å². The first-order valence-electron chi connectivity index (χ1n) is 9.61. The summed E-state index contributed by atoms with van der Waals surface area (Å²) in [5.74, 6) is 2.12. The van der Waals surface area contributed by atoms with Crippen molar-refractivity contribution in [2.75, 3.05) is 18.2 Å². The van der Waals surface area contributed by atoms with Gasteiger partial charge in [0.1, 0.15) is 22.7 Å². The quantitative estimate of drug-likeness (QED) is 0.416. The van der Waals surface area contributed by atoms with Gasteiger partial charge >= 0.3 is 0 Å². The lowest BCUT2D eigenvalue weighted by molar-refractivity contribution is 0.417. The van der Waals surface area contributed by atoms with Crippen molar-refractivity contribution in [1.82, 2.24) is 9.97 Å². The third-order valence-electron chi connectivity index (χ3n) is 4.91. The monoisotopic (exact) mass is 397 g/mol. The number of benzene rings is 1. The lowest BCUT2D eigenvalue weighted by Gasteiger charge is -2.18. The van der Waals surface area contributed by atoms with E-state index in [4.69, 9.17) is 15.9 Å². The van der Waals surface area contributed by atoms with Gasteiger partial charge in [-0.2, -0.15) is 0 Å². The van der Waals surface area contributed by atoms with Gasteiger partial charge in [0.05, 0.1) is 18.2 Å². The van der Waals surface area contributed by atoms with Crippen LogP contribution in [0.1, 0.15) is 43.2 Å². The Morgan fingerprint density at radius 2 is 2.11 bits per heavy atom. The Morgan fingerprint density at radius 3 is 2.82 bits per heavy atom. The van der Waals surface area contributed by atoms with Crippen LogP contribution < -0.4 is 15.8 Å². The first kappa shape index (κ1) is 20.1. The van der Waals surface area contributed by atoms with Crippen LogP contribution in [0.15, 0.2) is 18.5 Å². The van der Waals surface area contributed by atoms with Gasteiger partial charge in [-0.3, -0.25) is 0 Å². The first-order chi connectivity index (χ1) is 13.6. The normalized spacial score (nSPS) is 15.4. The second-order valence-electron chi connectivity index (χ2n) is 6.70. The number of ether oxygens (including phenoxy) is 1. The van der Waals surface area contributed by atoms with Crippen LogP contribution in [0.4, 0.5) is 17.2 Å². The molecule has 0 fully saturated rings. The highest BCUT2D eigenvalue weighted by atomic mass is 32.1. The van der Waals surface area contributed by atoms with Gasteiger partial charge in [0.25, 0.3) is 0 Å². The molecule has 0 saturated heterocycles. The van der Waals surface area contributed by atoms with E-state index in [1.807, 2.05) is 19.9 Å². The van der Waals surface area contributed by atoms with Gasteiger partial charge in [-0.25, -0.2) is 9.97 Å². The largest absolute Gasteiger partial charge is 0.494 e. The van der Waals surface area contributed by atoms with Crippen molar-refractivity contribution < 1.29 is 4.74 Å². The number of thiophene rings is 1. The summed E-state index contributed by atoms with van der Waals surface area (Å²) < 4.78 is 5.46. The molecular weight excluding hydrogens is 370 g/mol. The molecule has 2 heterocycles. The Hall–Kier alpha value is -2.67. The fraction of sp³-hybridized carbons (Fsp3) is 0.381. The smallest absolute Gasteiger partial charge is 0.144 e. The molecule has 0 aliphatic heterocycles. The second-order valence-corrected chi connectivity index (χ2v) is 7.79. The summed E-state index contributed by atoms with van der Waals surface area (Å²) in [4.78, 5) is 11.4. The second kappa shape index (κ2) is 8.56. The molecule has 1 atom stereocenters. The molecule has 0 amide bonds. The number of aryl methyl sites for hydroxylation is 1. The van der Waals surface area contributed by atoms with Gasteiger partial charge in [-0.1, -0.05) is 20.8 Å². The number of fused-ring (bicyclic) bond motifs is 3. The molecular formula is C21H27N5OS. The molecule has 3 aromatic rings. The molecule has 4 N–H and O–H groups in total. The highest BCUT2D eigenvalue weighted by Crippen LogP contribution is 2.41. The SMILES string of the molecule is CC.COc1cc(N)c(C=N)cc1Nc1ncnc2sc3c(c12)CCC(C)C3. The maximum Gasteiger partial charge on any atom is 0.144 e. The predicted octanol–water partition coefficient (Wildman–Crippen LogP) is 5.17. The van der Waals surface area contributed by atoms with E-state index in [-0.39, 0.29) is 0 Å². The van der Waals surface area contributed by atoms with Crippen LogP contribution in [0, 0.1) is 11.3 Å². The first-order valence-corrected chi connectivity index (χ1v) is 10.4. The maximum absolute atomic E-state index is 7.54. The molecule has 7 heteroatoms. The summed E-state index contributed by atoms with van der Waals surface area (Å²) in [6, 6.07) is 3.54. The van der Waals surface area contributed by atoms with Gasteiger partial charge < -0.3 is 21.2 Å². The molecule has 0 radical (unpaired) electrons. The highest BCUT2D eigenvalue weighted by Gasteiger charge is 2.23. The zero-order chi connectivity index (χ0) is 20.3. The Morgan fingerprint density at radius 1 is 1.32 bits per heavy atom. The van der Waals surface area contributed by atoms with Crippen LogP contribution in [0.2, 0.25) is 0 Å². The van der Waals surface area contributed by atoms with E-state index in [2.05, 4.69) is 22.2 Å². The molecule has 1 aromatic carbocycles. The molecule has 1 aliphatic carbocycles. The summed E-state index contributed by atoms with van der Waals surface area (Å²) in [6.45, 7) is 6.30. The highest BCUT2D eigenvalue weighted by molar-refractivity contribution is 7.19. The van der Waals surface area contributed by atoms with E-state index in [1.165, 1.54) is 23.1 Å². The van der Waals surface area contributed by atoms with Gasteiger partial charge in [0.15, 0.2) is 0 Å². The van der Waals surface area contributed by atoms with Crippen molar-refractivity contribution in [3.63, 3.8) is 0 Å². The van der Waals surface area contributed by atoms with Gasteiger partial charge in [0.2, 0.25) is 0 Å². The van der Waals surface area contributed by atoms with Crippen molar-refractivity contribution in [2.24, 2.45) is 5.92 Å². The number of anilines is 3. The lowest BCUT2D eigenvalue weighted by Crippen LogP contribution is -2.09. The zero-order valence-electron chi connectivity index (χ0n) is 16.8. The molecule has 0 saturated carbocycles. The number of rotatable bonds is 4. The van der Waals surface area contributed by atoms with E-state index in [0.717, 1.165) is 34.6 Å². The van der Waals surface area contributed by atoms with Crippen molar-refractivity contribution in [3.8, 4) is 5.75 Å². The van der Waals surface area contributed by atoms with Gasteiger partial charge in [0, 0.05) is 28.4 Å². The topological polar surface area (TPSA) is 96.9 Å². The number of nitrogen functional groups attached to an aromatic ring is 1. The predicted molar refractivity (Wildman–Crippen MR) is 119 cm³/mol. The molecule has 4 rings (SSSR count). The minimum atomic E-state index is 0.511. The Kier molecular flexibility index (Phi) is 6.14. The molecule has 148 valence electrons. The summed E-state index contributed by atoms with van der Waals surface area (Å²) in [7, 11) is 1.60. The Bertz CT molecular complexity index is 998. The Labute approximate surface area is 169 Å². The molecule has 1 aliphatic rings. The molecule has 0 bridgehead atoms. The van der Waals surface area contributed by atoms with Crippen molar-refractivity contribution in [1.29, 1.82) is 5.41 Å². The van der Waals surface area contributed by atoms with E-state index in [1.54, 1.807) is 30.8 Å². The van der Waals surface area contributed by atoms with Crippen molar-refractivity contribution in [3.05, 3.63) is 34.5 Å². The summed E-state index contributed by atoms with van der Waals surface area (Å²) in [5.41, 5.74) is 9.22. The zero-order valence-corrected chi connectivity index (χ0v) is 17.6. The average molecular weight is 398 g/mol. The van der Waals surface area contributed by atoms with E-state index >= 15 is 0 Å². The molecule has 28 heavy (non-hydrogen) atoms. The third-order valence-corrected chi connectivity index (χ3v) is 6.07. The number of nitrogens with zero attached hydrogens (tertiary/aromatic N) is 2. The van der Waals surface area contributed by atoms with E-state index in [0.29, 0.717) is 22.9 Å². The number of aromatic nitrogens is 2. The number of hydrogen-bond donors (Lipinski definition) is 3. The third kappa shape index (κ3) is 3.67. The number of methoxy groups -OCH3 is 1.